The standard InChI is InChI=1S/C20H17NO5/c1-12(19(23)25-2)21-18(22)14-9-7-13(8-10-14)16-11-15-5-3-4-6-17(15)26-20(16)24/h3-12H,1-2H3,(H,21,22). The molecule has 1 amide bonds. The van der Waals surface area contributed by atoms with Gasteiger partial charge >= 0.3 is 11.6 Å². The maximum Gasteiger partial charge on any atom is 0.344 e. The number of carbonyl (C=O) groups excluding carboxylic acids is 2. The number of methoxy groups -OCH3 is 1. The number of hydrogen-bond donors (Lipinski definition) is 1. The molecule has 0 spiro atoms. The highest BCUT2D eigenvalue weighted by Gasteiger charge is 2.17. The predicted molar refractivity (Wildman–Crippen MR) is 96.9 cm³/mol. The summed E-state index contributed by atoms with van der Waals surface area (Å²) in [6.45, 7) is 1.54. The lowest BCUT2D eigenvalue weighted by atomic mass is 10.0. The summed E-state index contributed by atoms with van der Waals surface area (Å²) in [5, 5.41) is 3.36. The van der Waals surface area contributed by atoms with Crippen LogP contribution in [-0.2, 0) is 9.53 Å². The lowest BCUT2D eigenvalue weighted by Crippen LogP contribution is -2.39. The second-order valence-electron chi connectivity index (χ2n) is 5.78. The lowest BCUT2D eigenvalue weighted by Gasteiger charge is -2.11. The number of carbonyl (C=O) groups is 2. The summed E-state index contributed by atoms with van der Waals surface area (Å²) in [5.41, 5.74) is 1.50. The molecule has 0 saturated heterocycles. The Bertz CT molecular complexity index is 1020. The second-order valence-corrected chi connectivity index (χ2v) is 5.78. The van der Waals surface area contributed by atoms with E-state index in [9.17, 15) is 14.4 Å². The van der Waals surface area contributed by atoms with Crippen LogP contribution in [-0.4, -0.2) is 25.0 Å². The normalized spacial score (nSPS) is 11.8. The topological polar surface area (TPSA) is 85.6 Å². The minimum absolute atomic E-state index is 0.370. The zero-order valence-corrected chi connectivity index (χ0v) is 14.3. The Balaban J connectivity index is 1.86. The van der Waals surface area contributed by atoms with Gasteiger partial charge in [-0.15, -0.1) is 0 Å². The SMILES string of the molecule is COC(=O)C(C)NC(=O)c1ccc(-c2cc3ccccc3oc2=O)cc1. The smallest absolute Gasteiger partial charge is 0.344 e. The minimum atomic E-state index is -0.750. The van der Waals surface area contributed by atoms with Gasteiger partial charge in [0.1, 0.15) is 11.6 Å². The number of esters is 1. The van der Waals surface area contributed by atoms with Crippen LogP contribution in [0.5, 0.6) is 0 Å². The molecule has 0 aliphatic rings. The molecule has 0 aliphatic carbocycles. The highest BCUT2D eigenvalue weighted by atomic mass is 16.5. The Kier molecular flexibility index (Phi) is 4.84. The summed E-state index contributed by atoms with van der Waals surface area (Å²) in [7, 11) is 1.26. The average Bonchev–Trinajstić information content (AvgIpc) is 2.66. The van der Waals surface area contributed by atoms with Crippen molar-refractivity contribution < 1.29 is 18.7 Å². The van der Waals surface area contributed by atoms with E-state index < -0.39 is 23.5 Å². The number of ether oxygens (including phenoxy) is 1. The Morgan fingerprint density at radius 3 is 2.46 bits per heavy atom. The van der Waals surface area contributed by atoms with Gasteiger partial charge in [-0.25, -0.2) is 9.59 Å². The van der Waals surface area contributed by atoms with Gasteiger partial charge in [0.05, 0.1) is 12.7 Å². The molecule has 0 bridgehead atoms. The molecule has 3 rings (SSSR count). The lowest BCUT2D eigenvalue weighted by molar-refractivity contribution is -0.142. The molecule has 0 fully saturated rings. The number of para-hydroxylation sites is 1. The van der Waals surface area contributed by atoms with Gasteiger partial charge < -0.3 is 14.5 Å². The zero-order chi connectivity index (χ0) is 18.7. The Morgan fingerprint density at radius 1 is 1.08 bits per heavy atom. The number of nitrogens with one attached hydrogen (secondary N) is 1. The molecule has 1 unspecified atom stereocenters. The summed E-state index contributed by atoms with van der Waals surface area (Å²) in [6, 6.07) is 14.8. The van der Waals surface area contributed by atoms with Crippen LogP contribution in [0.25, 0.3) is 22.1 Å². The highest BCUT2D eigenvalue weighted by Crippen LogP contribution is 2.21. The summed E-state index contributed by atoms with van der Waals surface area (Å²) >= 11 is 0. The molecule has 3 aromatic rings. The largest absolute Gasteiger partial charge is 0.467 e. The molecule has 1 aromatic heterocycles. The summed E-state index contributed by atoms with van der Waals surface area (Å²) in [6.07, 6.45) is 0. The molecule has 132 valence electrons. The van der Waals surface area contributed by atoms with E-state index in [2.05, 4.69) is 10.1 Å². The molecular weight excluding hydrogens is 334 g/mol. The van der Waals surface area contributed by atoms with Gasteiger partial charge in [0.2, 0.25) is 0 Å². The predicted octanol–water partition coefficient (Wildman–Crippen LogP) is 2.75. The van der Waals surface area contributed by atoms with Crippen molar-refractivity contribution in [1.82, 2.24) is 5.32 Å². The number of amides is 1. The summed E-state index contributed by atoms with van der Waals surface area (Å²) in [4.78, 5) is 35.8. The quantitative estimate of drug-likeness (QED) is 0.577. The minimum Gasteiger partial charge on any atom is -0.467 e. The monoisotopic (exact) mass is 351 g/mol. The third-order valence-electron chi connectivity index (χ3n) is 4.00. The molecule has 2 aromatic carbocycles. The van der Waals surface area contributed by atoms with Gasteiger partial charge in [-0.2, -0.15) is 0 Å². The molecule has 6 heteroatoms. The fraction of sp³-hybridized carbons (Fsp3) is 0.150. The Labute approximate surface area is 149 Å². The first kappa shape index (κ1) is 17.4. The van der Waals surface area contributed by atoms with Gasteiger partial charge in [-0.3, -0.25) is 4.79 Å². The van der Waals surface area contributed by atoms with E-state index in [1.54, 1.807) is 49.4 Å². The van der Waals surface area contributed by atoms with Crippen LogP contribution in [0.1, 0.15) is 17.3 Å². The van der Waals surface area contributed by atoms with Crippen molar-refractivity contribution in [2.75, 3.05) is 7.11 Å². The first-order chi connectivity index (χ1) is 12.5. The van der Waals surface area contributed by atoms with Gasteiger partial charge in [-0.1, -0.05) is 30.3 Å². The van der Waals surface area contributed by atoms with Crippen LogP contribution in [0.3, 0.4) is 0 Å². The molecule has 1 heterocycles. The van der Waals surface area contributed by atoms with Crippen molar-refractivity contribution in [2.24, 2.45) is 0 Å². The van der Waals surface area contributed by atoms with Crippen LogP contribution >= 0.6 is 0 Å². The molecule has 1 N–H and O–H groups in total. The Morgan fingerprint density at radius 2 is 1.77 bits per heavy atom. The number of fused-ring (bicyclic) bond motifs is 1. The fourth-order valence-corrected chi connectivity index (χ4v) is 2.58. The summed E-state index contributed by atoms with van der Waals surface area (Å²) < 4.78 is 9.91. The van der Waals surface area contributed by atoms with Crippen molar-refractivity contribution in [3.8, 4) is 11.1 Å². The van der Waals surface area contributed by atoms with Gasteiger partial charge in [0.25, 0.3) is 5.91 Å². The van der Waals surface area contributed by atoms with Crippen LogP contribution in [0, 0.1) is 0 Å². The van der Waals surface area contributed by atoms with Crippen LogP contribution in [0.15, 0.2) is 63.8 Å². The van der Waals surface area contributed by atoms with Crippen LogP contribution < -0.4 is 10.9 Å². The van der Waals surface area contributed by atoms with Crippen molar-refractivity contribution in [2.45, 2.75) is 13.0 Å². The first-order valence-electron chi connectivity index (χ1n) is 8.01. The third-order valence-corrected chi connectivity index (χ3v) is 4.00. The summed E-state index contributed by atoms with van der Waals surface area (Å²) in [5.74, 6) is -0.927. The van der Waals surface area contributed by atoms with Gasteiger partial charge in [0.15, 0.2) is 0 Å². The second kappa shape index (κ2) is 7.23. The molecule has 0 saturated carbocycles. The van der Waals surface area contributed by atoms with Crippen LogP contribution in [0.4, 0.5) is 0 Å². The third kappa shape index (κ3) is 3.49. The van der Waals surface area contributed by atoms with E-state index in [-0.39, 0.29) is 0 Å². The molecule has 1 atom stereocenters. The maximum absolute atomic E-state index is 12.2. The average molecular weight is 351 g/mol. The van der Waals surface area contributed by atoms with Crippen molar-refractivity contribution in [3.05, 3.63) is 70.6 Å². The van der Waals surface area contributed by atoms with Gasteiger partial charge in [-0.05, 0) is 36.8 Å². The maximum atomic E-state index is 12.2. The first-order valence-corrected chi connectivity index (χ1v) is 8.01. The molecule has 0 radical (unpaired) electrons. The molecular formula is C20H17NO5. The van der Waals surface area contributed by atoms with E-state index in [1.165, 1.54) is 7.11 Å². The zero-order valence-electron chi connectivity index (χ0n) is 14.3. The number of hydrogen-bond acceptors (Lipinski definition) is 5. The van der Waals surface area contributed by atoms with Crippen molar-refractivity contribution >= 4 is 22.8 Å². The van der Waals surface area contributed by atoms with E-state index in [0.717, 1.165) is 5.39 Å². The number of rotatable bonds is 4. The fourth-order valence-electron chi connectivity index (χ4n) is 2.58. The van der Waals surface area contributed by atoms with E-state index in [4.69, 9.17) is 4.42 Å². The van der Waals surface area contributed by atoms with Crippen molar-refractivity contribution in [3.63, 3.8) is 0 Å². The van der Waals surface area contributed by atoms with E-state index in [0.29, 0.717) is 22.3 Å². The highest BCUT2D eigenvalue weighted by molar-refractivity contribution is 5.97. The molecule has 26 heavy (non-hydrogen) atoms. The molecule has 6 nitrogen and oxygen atoms in total. The molecule has 0 aliphatic heterocycles. The van der Waals surface area contributed by atoms with E-state index >= 15 is 0 Å². The number of benzene rings is 2. The van der Waals surface area contributed by atoms with Gasteiger partial charge in [0, 0.05) is 10.9 Å². The Hall–Kier alpha value is -3.41. The van der Waals surface area contributed by atoms with Crippen molar-refractivity contribution in [1.29, 1.82) is 0 Å². The van der Waals surface area contributed by atoms with Crippen LogP contribution in [0.2, 0.25) is 0 Å². The van der Waals surface area contributed by atoms with E-state index in [1.807, 2.05) is 12.1 Å².